The summed E-state index contributed by atoms with van der Waals surface area (Å²) in [7, 11) is 0. The maximum atomic E-state index is 13.6. The molecule has 0 bridgehead atoms. The number of ether oxygens (including phenoxy) is 1. The lowest BCUT2D eigenvalue weighted by Crippen LogP contribution is -2.39. The van der Waals surface area contributed by atoms with Crippen LogP contribution in [0.5, 0.6) is 5.75 Å². The summed E-state index contributed by atoms with van der Waals surface area (Å²) in [4.78, 5) is 50.1. The number of amides is 2. The minimum Gasteiger partial charge on any atom is -0.427 e. The van der Waals surface area contributed by atoms with E-state index in [2.05, 4.69) is 20.9 Å². The molecule has 1 heterocycles. The molecule has 0 saturated carbocycles. The van der Waals surface area contributed by atoms with E-state index in [9.17, 15) is 24.3 Å². The Bertz CT molecular complexity index is 2020. The van der Waals surface area contributed by atoms with E-state index in [1.165, 1.54) is 17.7 Å². The first-order valence-corrected chi connectivity index (χ1v) is 16.7. The average Bonchev–Trinajstić information content (AvgIpc) is 3.49. The maximum Gasteiger partial charge on any atom is 0.308 e. The van der Waals surface area contributed by atoms with E-state index in [0.717, 1.165) is 16.7 Å². The van der Waals surface area contributed by atoms with Crippen molar-refractivity contribution in [3.8, 4) is 5.75 Å². The quantitative estimate of drug-likeness (QED) is 0.0762. The SMILES string of the molecule is CC(=O)Oc1ccccc1.Cc1ccc(C(O)CCC(=O)Nc2ccc(Cl)c(NC(=O)C(C(=O)C(C)(C)C)n3nnc4ccccc43)c2)c(C)c1. The molecular formula is C39H42ClN5O6. The number of hydrogen-bond acceptors (Lipinski definition) is 8. The van der Waals surface area contributed by atoms with Gasteiger partial charge in [0.25, 0.3) is 5.91 Å². The van der Waals surface area contributed by atoms with Crippen molar-refractivity contribution in [2.75, 3.05) is 10.6 Å². The first kappa shape index (κ1) is 38.4. The van der Waals surface area contributed by atoms with Gasteiger partial charge in [0, 0.05) is 24.4 Å². The van der Waals surface area contributed by atoms with Crippen LogP contribution in [0.3, 0.4) is 0 Å². The van der Waals surface area contributed by atoms with Gasteiger partial charge >= 0.3 is 5.97 Å². The number of nitrogens with zero attached hydrogens (tertiary/aromatic N) is 3. The molecule has 0 radical (unpaired) electrons. The number of benzene rings is 4. The highest BCUT2D eigenvalue weighted by Gasteiger charge is 2.38. The number of esters is 1. The largest absolute Gasteiger partial charge is 0.427 e. The predicted molar refractivity (Wildman–Crippen MR) is 198 cm³/mol. The summed E-state index contributed by atoms with van der Waals surface area (Å²) in [5.74, 6) is -0.986. The van der Waals surface area contributed by atoms with Gasteiger partial charge in [0.15, 0.2) is 11.8 Å². The smallest absolute Gasteiger partial charge is 0.308 e. The molecule has 5 aromatic rings. The Morgan fingerprint density at radius 2 is 1.59 bits per heavy atom. The van der Waals surface area contributed by atoms with Crippen LogP contribution in [0.1, 0.15) is 69.4 Å². The predicted octanol–water partition coefficient (Wildman–Crippen LogP) is 7.56. The van der Waals surface area contributed by atoms with Crippen LogP contribution in [0.15, 0.2) is 91.0 Å². The van der Waals surface area contributed by atoms with Crippen LogP contribution in [-0.2, 0) is 19.2 Å². The zero-order valence-corrected chi connectivity index (χ0v) is 30.2. The van der Waals surface area contributed by atoms with E-state index < -0.39 is 23.5 Å². The molecule has 266 valence electrons. The molecule has 0 saturated heterocycles. The monoisotopic (exact) mass is 711 g/mol. The van der Waals surface area contributed by atoms with E-state index >= 15 is 0 Å². The minimum atomic E-state index is -1.30. The van der Waals surface area contributed by atoms with Crippen molar-refractivity contribution in [3.63, 3.8) is 0 Å². The minimum absolute atomic E-state index is 0.0837. The first-order chi connectivity index (χ1) is 24.1. The number of aromatic nitrogens is 3. The topological polar surface area (TPSA) is 153 Å². The zero-order chi connectivity index (χ0) is 37.3. The summed E-state index contributed by atoms with van der Waals surface area (Å²) in [6, 6.07) is 25.2. The normalized spacial score (nSPS) is 12.2. The molecule has 12 heteroatoms. The van der Waals surface area contributed by atoms with Crippen molar-refractivity contribution in [1.29, 1.82) is 0 Å². The number of fused-ring (bicyclic) bond motifs is 1. The fraction of sp³-hybridized carbons (Fsp3) is 0.282. The number of aliphatic hydroxyl groups excluding tert-OH is 1. The summed E-state index contributed by atoms with van der Waals surface area (Å²) in [6.07, 6.45) is -0.443. The molecule has 5 rings (SSSR count). The summed E-state index contributed by atoms with van der Waals surface area (Å²) in [6.45, 7) is 10.5. The van der Waals surface area contributed by atoms with E-state index in [0.29, 0.717) is 22.5 Å². The highest BCUT2D eigenvalue weighted by Crippen LogP contribution is 2.31. The number of carbonyl (C=O) groups excluding carboxylic acids is 4. The second-order valence-electron chi connectivity index (χ2n) is 13.1. The van der Waals surface area contributed by atoms with Crippen LogP contribution in [0.2, 0.25) is 5.02 Å². The van der Waals surface area contributed by atoms with Crippen LogP contribution in [-0.4, -0.2) is 43.7 Å². The highest BCUT2D eigenvalue weighted by atomic mass is 35.5. The molecule has 1 aromatic heterocycles. The molecule has 2 atom stereocenters. The maximum absolute atomic E-state index is 13.6. The van der Waals surface area contributed by atoms with Crippen LogP contribution in [0.4, 0.5) is 11.4 Å². The lowest BCUT2D eigenvalue weighted by molar-refractivity contribution is -0.136. The van der Waals surface area contributed by atoms with E-state index in [-0.39, 0.29) is 41.2 Å². The molecule has 0 spiro atoms. The number of para-hydroxylation sites is 2. The van der Waals surface area contributed by atoms with Gasteiger partial charge in [-0.25, -0.2) is 4.68 Å². The second-order valence-corrected chi connectivity index (χ2v) is 13.5. The number of aliphatic hydroxyl groups is 1. The number of aryl methyl sites for hydroxylation is 2. The summed E-state index contributed by atoms with van der Waals surface area (Å²) < 4.78 is 6.09. The van der Waals surface area contributed by atoms with Crippen LogP contribution >= 0.6 is 11.6 Å². The van der Waals surface area contributed by atoms with Crippen molar-refractivity contribution in [3.05, 3.63) is 113 Å². The van der Waals surface area contributed by atoms with Crippen molar-refractivity contribution in [2.45, 2.75) is 66.5 Å². The van der Waals surface area contributed by atoms with Gasteiger partial charge in [0.2, 0.25) is 5.91 Å². The van der Waals surface area contributed by atoms with Crippen molar-refractivity contribution in [2.24, 2.45) is 5.41 Å². The molecule has 4 aromatic carbocycles. The van der Waals surface area contributed by atoms with E-state index in [1.54, 1.807) is 69.3 Å². The number of ketones is 1. The molecule has 3 N–H and O–H groups in total. The van der Waals surface area contributed by atoms with Gasteiger partial charge in [-0.3, -0.25) is 19.2 Å². The number of hydrogen-bond donors (Lipinski definition) is 3. The third kappa shape index (κ3) is 10.6. The zero-order valence-electron chi connectivity index (χ0n) is 29.4. The van der Waals surface area contributed by atoms with Crippen LogP contribution in [0, 0.1) is 19.3 Å². The van der Waals surface area contributed by atoms with Gasteiger partial charge in [-0.2, -0.15) is 0 Å². The summed E-state index contributed by atoms with van der Waals surface area (Å²) in [5, 5.41) is 24.6. The Morgan fingerprint density at radius 1 is 0.902 bits per heavy atom. The highest BCUT2D eigenvalue weighted by molar-refractivity contribution is 6.34. The third-order valence-electron chi connectivity index (χ3n) is 7.80. The van der Waals surface area contributed by atoms with Crippen LogP contribution < -0.4 is 15.4 Å². The summed E-state index contributed by atoms with van der Waals surface area (Å²) in [5.41, 5.74) is 3.73. The molecule has 2 unspecified atom stereocenters. The molecule has 0 fully saturated rings. The number of Topliss-reactive ketones (excluding diaryl/α,β-unsaturated/α-hetero) is 1. The fourth-order valence-corrected chi connectivity index (χ4v) is 5.39. The summed E-state index contributed by atoms with van der Waals surface area (Å²) >= 11 is 6.39. The number of anilines is 2. The molecule has 0 aliphatic rings. The molecule has 2 amide bonds. The Hall–Kier alpha value is -5.39. The standard InChI is InChI=1S/C31H34ClN5O4.C8H8O2/c1-18-10-12-21(19(2)16-18)26(38)14-15-27(39)33-20-11-13-22(32)24(17-20)34-30(41)28(29(40)31(3,4)5)37-25-9-7-6-8-23(25)35-36-37;1-7(9)10-8-5-3-2-4-6-8/h6-13,16-17,26,28,38H,14-15H2,1-5H3,(H,33,39)(H,34,41);2-6H,1H3. The fourth-order valence-electron chi connectivity index (χ4n) is 5.23. The number of halogens is 1. The molecular weight excluding hydrogens is 670 g/mol. The second kappa shape index (κ2) is 17.0. The lowest BCUT2D eigenvalue weighted by Gasteiger charge is -2.24. The van der Waals surface area contributed by atoms with Gasteiger partial charge in [-0.1, -0.05) is 91.7 Å². The van der Waals surface area contributed by atoms with Crippen LogP contribution in [0.25, 0.3) is 11.0 Å². The Morgan fingerprint density at radius 3 is 2.25 bits per heavy atom. The lowest BCUT2D eigenvalue weighted by atomic mass is 9.86. The van der Waals surface area contributed by atoms with E-state index in [4.69, 9.17) is 16.3 Å². The first-order valence-electron chi connectivity index (χ1n) is 16.4. The van der Waals surface area contributed by atoms with Gasteiger partial charge in [0.1, 0.15) is 11.3 Å². The Kier molecular flexibility index (Phi) is 12.8. The molecule has 11 nitrogen and oxygen atoms in total. The van der Waals surface area contributed by atoms with Gasteiger partial charge in [0.05, 0.1) is 22.3 Å². The van der Waals surface area contributed by atoms with Crippen molar-refractivity contribution in [1.82, 2.24) is 15.0 Å². The Balaban J connectivity index is 0.000000502. The molecule has 0 aliphatic carbocycles. The molecule has 0 aliphatic heterocycles. The number of nitrogens with one attached hydrogen (secondary N) is 2. The third-order valence-corrected chi connectivity index (χ3v) is 8.13. The van der Waals surface area contributed by atoms with E-state index in [1.807, 2.05) is 50.2 Å². The van der Waals surface area contributed by atoms with Crippen molar-refractivity contribution < 1.29 is 29.0 Å². The van der Waals surface area contributed by atoms with Gasteiger partial charge < -0.3 is 20.5 Å². The number of carbonyl (C=O) groups is 4. The number of rotatable bonds is 10. The average molecular weight is 712 g/mol. The van der Waals surface area contributed by atoms with Gasteiger partial charge in [-0.15, -0.1) is 5.10 Å². The molecule has 51 heavy (non-hydrogen) atoms. The van der Waals surface area contributed by atoms with Gasteiger partial charge in [-0.05, 0) is 73.9 Å². The Labute approximate surface area is 302 Å². The van der Waals surface area contributed by atoms with Crippen molar-refractivity contribution >= 4 is 57.6 Å².